The maximum absolute atomic E-state index is 5.95. The van der Waals surface area contributed by atoms with Crippen LogP contribution in [0.25, 0.3) is 0 Å². The Morgan fingerprint density at radius 2 is 2.06 bits per heavy atom. The fraction of sp³-hybridized carbons (Fsp3) is 0.538. The van der Waals surface area contributed by atoms with E-state index < -0.39 is 0 Å². The van der Waals surface area contributed by atoms with Crippen LogP contribution in [-0.4, -0.2) is 6.04 Å². The fourth-order valence-electron chi connectivity index (χ4n) is 1.48. The molecular weight excluding hydrogens is 286 g/mol. The molecule has 1 nitrogen and oxygen atoms in total. The molecule has 0 saturated heterocycles. The van der Waals surface area contributed by atoms with E-state index in [0.717, 1.165) is 16.0 Å². The van der Waals surface area contributed by atoms with Crippen LogP contribution in [0, 0.1) is 5.92 Å². The van der Waals surface area contributed by atoms with E-state index >= 15 is 0 Å². The zero-order valence-corrected chi connectivity index (χ0v) is 12.4. The first kappa shape index (κ1) is 14.0. The van der Waals surface area contributed by atoms with Crippen LogP contribution >= 0.6 is 27.5 Å². The molecule has 0 fully saturated rings. The van der Waals surface area contributed by atoms with Crippen LogP contribution in [0.5, 0.6) is 0 Å². The van der Waals surface area contributed by atoms with Gasteiger partial charge in [-0.15, -0.1) is 0 Å². The predicted molar refractivity (Wildman–Crippen MR) is 74.9 cm³/mol. The molecule has 0 radical (unpaired) electrons. The van der Waals surface area contributed by atoms with Crippen molar-refractivity contribution in [2.45, 2.75) is 39.8 Å². The highest BCUT2D eigenvalue weighted by Crippen LogP contribution is 2.23. The Morgan fingerprint density at radius 1 is 1.38 bits per heavy atom. The summed E-state index contributed by atoms with van der Waals surface area (Å²) in [6, 6.07) is 6.60. The minimum atomic E-state index is 0.541. The maximum Gasteiger partial charge on any atom is 0.0548 e. The van der Waals surface area contributed by atoms with Crippen LogP contribution in [0.4, 0.5) is 0 Å². The molecule has 1 rings (SSSR count). The third-order valence-corrected chi connectivity index (χ3v) is 4.32. The minimum Gasteiger partial charge on any atom is -0.310 e. The van der Waals surface area contributed by atoms with Crippen molar-refractivity contribution in [3.8, 4) is 0 Å². The summed E-state index contributed by atoms with van der Waals surface area (Å²) in [4.78, 5) is 0. The molecule has 0 amide bonds. The smallest absolute Gasteiger partial charge is 0.0548 e. The van der Waals surface area contributed by atoms with Crippen LogP contribution in [0.1, 0.15) is 32.8 Å². The highest BCUT2D eigenvalue weighted by atomic mass is 79.9. The van der Waals surface area contributed by atoms with Crippen LogP contribution in [0.3, 0.4) is 0 Å². The van der Waals surface area contributed by atoms with E-state index in [1.165, 1.54) is 12.0 Å². The summed E-state index contributed by atoms with van der Waals surface area (Å²) >= 11 is 9.38. The van der Waals surface area contributed by atoms with Gasteiger partial charge in [-0.2, -0.15) is 0 Å². The van der Waals surface area contributed by atoms with Gasteiger partial charge in [-0.05, 0) is 46.5 Å². The van der Waals surface area contributed by atoms with Gasteiger partial charge in [0.25, 0.3) is 0 Å². The van der Waals surface area contributed by atoms with Gasteiger partial charge >= 0.3 is 0 Å². The molecule has 0 aliphatic carbocycles. The van der Waals surface area contributed by atoms with Crippen molar-refractivity contribution in [2.75, 3.05) is 0 Å². The summed E-state index contributed by atoms with van der Waals surface area (Å²) < 4.78 is 0.963. The first-order valence-corrected chi connectivity index (χ1v) is 6.89. The van der Waals surface area contributed by atoms with Crippen molar-refractivity contribution < 1.29 is 0 Å². The van der Waals surface area contributed by atoms with Gasteiger partial charge in [0.15, 0.2) is 0 Å². The molecule has 3 heteroatoms. The summed E-state index contributed by atoms with van der Waals surface area (Å²) in [5, 5.41) is 4.30. The lowest BCUT2D eigenvalue weighted by Gasteiger charge is -2.20. The van der Waals surface area contributed by atoms with E-state index in [1.54, 1.807) is 0 Å². The summed E-state index contributed by atoms with van der Waals surface area (Å²) in [6.45, 7) is 7.62. The van der Waals surface area contributed by atoms with E-state index in [4.69, 9.17) is 11.6 Å². The number of halogens is 2. The summed E-state index contributed by atoms with van der Waals surface area (Å²) in [5.41, 5.74) is 1.26. The van der Waals surface area contributed by atoms with Gasteiger partial charge in [-0.1, -0.05) is 37.9 Å². The highest BCUT2D eigenvalue weighted by molar-refractivity contribution is 9.10. The van der Waals surface area contributed by atoms with E-state index in [2.05, 4.69) is 54.2 Å². The maximum atomic E-state index is 5.95. The van der Waals surface area contributed by atoms with Gasteiger partial charge in [0.05, 0.1) is 5.02 Å². The Bertz CT molecular complexity index is 341. The molecule has 0 aliphatic heterocycles. The van der Waals surface area contributed by atoms with Crippen molar-refractivity contribution in [1.29, 1.82) is 0 Å². The summed E-state index contributed by atoms with van der Waals surface area (Å²) in [6.07, 6.45) is 1.21. The minimum absolute atomic E-state index is 0.541. The monoisotopic (exact) mass is 303 g/mol. The average molecular weight is 305 g/mol. The predicted octanol–water partition coefficient (Wildman–Crippen LogP) is 4.63. The Balaban J connectivity index is 2.51. The van der Waals surface area contributed by atoms with Crippen molar-refractivity contribution in [2.24, 2.45) is 5.92 Å². The highest BCUT2D eigenvalue weighted by Gasteiger charge is 2.09. The zero-order chi connectivity index (χ0) is 12.1. The van der Waals surface area contributed by atoms with E-state index in [1.807, 2.05) is 6.07 Å². The number of benzene rings is 1. The van der Waals surface area contributed by atoms with Crippen LogP contribution in [0.15, 0.2) is 22.7 Å². The molecule has 90 valence electrons. The fourth-order valence-corrected chi connectivity index (χ4v) is 2.03. The third kappa shape index (κ3) is 4.08. The normalized spacial score (nSPS) is 14.8. The largest absolute Gasteiger partial charge is 0.310 e. The standard InChI is InChI=1S/C13H19BrClN/c1-4-9(2)10(3)16-8-11-5-6-13(15)12(14)7-11/h5-7,9-10,16H,4,8H2,1-3H3. The van der Waals surface area contributed by atoms with E-state index in [0.29, 0.717) is 12.0 Å². The van der Waals surface area contributed by atoms with Crippen molar-refractivity contribution in [3.63, 3.8) is 0 Å². The molecule has 0 heterocycles. The van der Waals surface area contributed by atoms with Crippen LogP contribution in [-0.2, 0) is 6.54 Å². The molecule has 1 aromatic carbocycles. The molecule has 0 bridgehead atoms. The molecule has 0 aromatic heterocycles. The quantitative estimate of drug-likeness (QED) is 0.836. The number of hydrogen-bond donors (Lipinski definition) is 1. The van der Waals surface area contributed by atoms with Gasteiger partial charge in [0.2, 0.25) is 0 Å². The summed E-state index contributed by atoms with van der Waals surface area (Å²) in [7, 11) is 0. The van der Waals surface area contributed by atoms with Gasteiger partial charge in [-0.3, -0.25) is 0 Å². The summed E-state index contributed by atoms with van der Waals surface area (Å²) in [5.74, 6) is 0.704. The number of hydrogen-bond acceptors (Lipinski definition) is 1. The lowest BCUT2D eigenvalue weighted by molar-refractivity contribution is 0.389. The molecule has 1 aromatic rings. The van der Waals surface area contributed by atoms with Crippen LogP contribution in [0.2, 0.25) is 5.02 Å². The Hall–Kier alpha value is -0.0500. The molecule has 0 saturated carbocycles. The topological polar surface area (TPSA) is 12.0 Å². The van der Waals surface area contributed by atoms with E-state index in [9.17, 15) is 0 Å². The van der Waals surface area contributed by atoms with Crippen molar-refractivity contribution in [1.82, 2.24) is 5.32 Å². The van der Waals surface area contributed by atoms with Gasteiger partial charge < -0.3 is 5.32 Å². The molecule has 2 atom stereocenters. The second kappa shape index (κ2) is 6.63. The first-order chi connectivity index (χ1) is 7.54. The van der Waals surface area contributed by atoms with Crippen LogP contribution < -0.4 is 5.32 Å². The second-order valence-electron chi connectivity index (χ2n) is 4.30. The van der Waals surface area contributed by atoms with Gasteiger partial charge in [0, 0.05) is 17.1 Å². The lowest BCUT2D eigenvalue weighted by atomic mass is 10.0. The Morgan fingerprint density at radius 3 is 2.62 bits per heavy atom. The second-order valence-corrected chi connectivity index (χ2v) is 5.57. The van der Waals surface area contributed by atoms with Crippen molar-refractivity contribution >= 4 is 27.5 Å². The SMILES string of the molecule is CCC(C)C(C)NCc1ccc(Cl)c(Br)c1. The Labute approximate surface area is 112 Å². The molecule has 2 unspecified atom stereocenters. The van der Waals surface area contributed by atoms with E-state index in [-0.39, 0.29) is 0 Å². The zero-order valence-electron chi connectivity index (χ0n) is 10.1. The number of nitrogens with one attached hydrogen (secondary N) is 1. The molecule has 0 aliphatic rings. The Kier molecular flexibility index (Phi) is 5.81. The van der Waals surface area contributed by atoms with Gasteiger partial charge in [-0.25, -0.2) is 0 Å². The first-order valence-electron chi connectivity index (χ1n) is 5.72. The molecule has 0 spiro atoms. The van der Waals surface area contributed by atoms with Crippen molar-refractivity contribution in [3.05, 3.63) is 33.3 Å². The number of rotatable bonds is 5. The molecule has 16 heavy (non-hydrogen) atoms. The molecule has 1 N–H and O–H groups in total. The molecular formula is C13H19BrClN. The average Bonchev–Trinajstić information content (AvgIpc) is 2.29. The third-order valence-electron chi connectivity index (χ3n) is 3.11. The van der Waals surface area contributed by atoms with Gasteiger partial charge in [0.1, 0.15) is 0 Å². The lowest BCUT2D eigenvalue weighted by Crippen LogP contribution is -2.31.